The number of likely N-dealkylation sites (N-methyl/N-ethyl adjacent to an activating group) is 1. The van der Waals surface area contributed by atoms with Crippen LogP contribution in [0.3, 0.4) is 0 Å². The zero-order valence-corrected chi connectivity index (χ0v) is 8.18. The Morgan fingerprint density at radius 1 is 1.67 bits per heavy atom. The van der Waals surface area contributed by atoms with Crippen LogP contribution in [0.1, 0.15) is 14.8 Å². The van der Waals surface area contributed by atoms with Gasteiger partial charge in [0.1, 0.15) is 0 Å². The molecule has 0 aromatic rings. The SMILES string of the molecule is CCN1CCO[C@H](CCNC)C1.[HH]. The van der Waals surface area contributed by atoms with Gasteiger partial charge >= 0.3 is 0 Å². The first-order valence-electron chi connectivity index (χ1n) is 4.85. The molecule has 1 heterocycles. The molecule has 1 aliphatic rings. The highest BCUT2D eigenvalue weighted by Gasteiger charge is 2.17. The van der Waals surface area contributed by atoms with Crippen molar-refractivity contribution in [1.29, 1.82) is 0 Å². The van der Waals surface area contributed by atoms with E-state index in [1.165, 1.54) is 0 Å². The predicted octanol–water partition coefficient (Wildman–Crippen LogP) is 0.563. The van der Waals surface area contributed by atoms with E-state index in [-0.39, 0.29) is 1.43 Å². The second-order valence-corrected chi connectivity index (χ2v) is 3.28. The average Bonchev–Trinajstić information content (AvgIpc) is 2.15. The quantitative estimate of drug-likeness (QED) is 0.674. The van der Waals surface area contributed by atoms with Crippen LogP contribution in [-0.4, -0.2) is 50.8 Å². The highest BCUT2D eigenvalue weighted by molar-refractivity contribution is 4.70. The molecule has 3 heteroatoms. The third-order valence-electron chi connectivity index (χ3n) is 2.39. The first-order valence-corrected chi connectivity index (χ1v) is 4.85. The molecule has 0 unspecified atom stereocenters. The molecule has 1 saturated heterocycles. The van der Waals surface area contributed by atoms with Crippen LogP contribution in [0.5, 0.6) is 0 Å². The minimum atomic E-state index is 0. The van der Waals surface area contributed by atoms with Gasteiger partial charge in [0, 0.05) is 14.5 Å². The van der Waals surface area contributed by atoms with Crippen molar-refractivity contribution in [3.05, 3.63) is 0 Å². The van der Waals surface area contributed by atoms with Crippen LogP contribution in [-0.2, 0) is 4.74 Å². The third-order valence-corrected chi connectivity index (χ3v) is 2.39. The molecule has 0 saturated carbocycles. The number of nitrogens with one attached hydrogen (secondary N) is 1. The molecule has 74 valence electrons. The monoisotopic (exact) mass is 174 g/mol. The number of ether oxygens (including phenoxy) is 1. The van der Waals surface area contributed by atoms with Gasteiger partial charge in [-0.05, 0) is 26.6 Å². The van der Waals surface area contributed by atoms with Crippen LogP contribution in [0.15, 0.2) is 0 Å². The number of nitrogens with zero attached hydrogens (tertiary/aromatic N) is 1. The Kier molecular flexibility index (Phi) is 4.58. The molecule has 0 aliphatic carbocycles. The molecular formula is C9H22N2O. The number of hydrogen-bond donors (Lipinski definition) is 1. The van der Waals surface area contributed by atoms with E-state index in [0.29, 0.717) is 6.10 Å². The van der Waals surface area contributed by atoms with Crippen LogP contribution in [0.25, 0.3) is 0 Å². The van der Waals surface area contributed by atoms with E-state index in [1.54, 1.807) is 0 Å². The Balaban J connectivity index is 0.00000144. The largest absolute Gasteiger partial charge is 0.376 e. The summed E-state index contributed by atoms with van der Waals surface area (Å²) >= 11 is 0. The summed E-state index contributed by atoms with van der Waals surface area (Å²) < 4.78 is 5.63. The summed E-state index contributed by atoms with van der Waals surface area (Å²) in [6.45, 7) is 7.54. The van der Waals surface area contributed by atoms with E-state index in [1.807, 2.05) is 7.05 Å². The fourth-order valence-electron chi connectivity index (χ4n) is 1.55. The highest BCUT2D eigenvalue weighted by atomic mass is 16.5. The van der Waals surface area contributed by atoms with Crippen molar-refractivity contribution < 1.29 is 6.16 Å². The molecule has 0 aromatic heterocycles. The predicted molar refractivity (Wildman–Crippen MR) is 52.5 cm³/mol. The minimum Gasteiger partial charge on any atom is -0.376 e. The van der Waals surface area contributed by atoms with Crippen molar-refractivity contribution in [1.82, 2.24) is 10.2 Å². The van der Waals surface area contributed by atoms with Crippen molar-refractivity contribution in [2.45, 2.75) is 19.4 Å². The highest BCUT2D eigenvalue weighted by Crippen LogP contribution is 2.07. The molecule has 0 spiro atoms. The fraction of sp³-hybridized carbons (Fsp3) is 1.00. The summed E-state index contributed by atoms with van der Waals surface area (Å²) in [5.41, 5.74) is 0. The van der Waals surface area contributed by atoms with Gasteiger partial charge in [0.05, 0.1) is 12.7 Å². The van der Waals surface area contributed by atoms with Crippen molar-refractivity contribution in [3.63, 3.8) is 0 Å². The number of rotatable bonds is 4. The van der Waals surface area contributed by atoms with Crippen molar-refractivity contribution in [2.24, 2.45) is 0 Å². The lowest BCUT2D eigenvalue weighted by Crippen LogP contribution is -2.43. The molecule has 1 aliphatic heterocycles. The van der Waals surface area contributed by atoms with Crippen molar-refractivity contribution in [2.75, 3.05) is 39.8 Å². The summed E-state index contributed by atoms with van der Waals surface area (Å²) in [6.07, 6.45) is 1.58. The van der Waals surface area contributed by atoms with Gasteiger partial charge in [0.15, 0.2) is 0 Å². The van der Waals surface area contributed by atoms with E-state index >= 15 is 0 Å². The summed E-state index contributed by atoms with van der Waals surface area (Å²) in [5.74, 6) is 0. The second-order valence-electron chi connectivity index (χ2n) is 3.28. The Morgan fingerprint density at radius 3 is 3.17 bits per heavy atom. The molecule has 0 amide bonds. The van der Waals surface area contributed by atoms with Crippen molar-refractivity contribution in [3.8, 4) is 0 Å². The molecule has 0 radical (unpaired) electrons. The zero-order valence-electron chi connectivity index (χ0n) is 8.18. The van der Waals surface area contributed by atoms with Gasteiger partial charge in [0.2, 0.25) is 0 Å². The lowest BCUT2D eigenvalue weighted by molar-refractivity contribution is -0.0296. The van der Waals surface area contributed by atoms with Gasteiger partial charge in [-0.25, -0.2) is 0 Å². The van der Waals surface area contributed by atoms with Crippen LogP contribution >= 0.6 is 0 Å². The standard InChI is InChI=1S/C9H20N2O.H2/c1-3-11-6-7-12-9(8-11)4-5-10-2;/h9-10H,3-8H2,1-2H3;1H/t9-;/m1./s1. The smallest absolute Gasteiger partial charge is 0.0714 e. The maximum absolute atomic E-state index is 5.63. The van der Waals surface area contributed by atoms with Crippen LogP contribution in [0.2, 0.25) is 0 Å². The molecule has 3 nitrogen and oxygen atoms in total. The number of hydrogen-bond acceptors (Lipinski definition) is 3. The minimum absolute atomic E-state index is 0. The molecule has 0 aromatic carbocycles. The van der Waals surface area contributed by atoms with Crippen LogP contribution in [0, 0.1) is 0 Å². The van der Waals surface area contributed by atoms with E-state index < -0.39 is 0 Å². The molecule has 1 N–H and O–H groups in total. The lowest BCUT2D eigenvalue weighted by Gasteiger charge is -2.32. The van der Waals surface area contributed by atoms with Crippen LogP contribution < -0.4 is 5.32 Å². The van der Waals surface area contributed by atoms with E-state index in [0.717, 1.165) is 39.2 Å². The van der Waals surface area contributed by atoms with Gasteiger partial charge in [-0.1, -0.05) is 6.92 Å². The van der Waals surface area contributed by atoms with Gasteiger partial charge in [-0.15, -0.1) is 0 Å². The summed E-state index contributed by atoms with van der Waals surface area (Å²) in [5, 5.41) is 3.15. The Morgan fingerprint density at radius 2 is 2.50 bits per heavy atom. The maximum atomic E-state index is 5.63. The summed E-state index contributed by atoms with van der Waals surface area (Å²) in [6, 6.07) is 0. The Bertz CT molecular complexity index is 124. The van der Waals surface area contributed by atoms with Crippen molar-refractivity contribution >= 4 is 0 Å². The van der Waals surface area contributed by atoms with Gasteiger partial charge in [0.25, 0.3) is 0 Å². The van der Waals surface area contributed by atoms with E-state index in [4.69, 9.17) is 4.74 Å². The zero-order chi connectivity index (χ0) is 8.81. The first-order chi connectivity index (χ1) is 5.86. The molecule has 12 heavy (non-hydrogen) atoms. The fourth-order valence-corrected chi connectivity index (χ4v) is 1.55. The van der Waals surface area contributed by atoms with Gasteiger partial charge < -0.3 is 10.1 Å². The van der Waals surface area contributed by atoms with Gasteiger partial charge in [-0.3, -0.25) is 4.90 Å². The average molecular weight is 174 g/mol. The summed E-state index contributed by atoms with van der Waals surface area (Å²) in [7, 11) is 1.99. The van der Waals surface area contributed by atoms with E-state index in [9.17, 15) is 0 Å². The van der Waals surface area contributed by atoms with E-state index in [2.05, 4.69) is 17.1 Å². The maximum Gasteiger partial charge on any atom is 0.0714 e. The first kappa shape index (κ1) is 9.96. The van der Waals surface area contributed by atoms with Gasteiger partial charge in [-0.2, -0.15) is 0 Å². The molecule has 1 rings (SSSR count). The molecule has 0 bridgehead atoms. The second kappa shape index (κ2) is 5.51. The molecule has 1 fully saturated rings. The van der Waals surface area contributed by atoms with Crippen LogP contribution in [0.4, 0.5) is 0 Å². The Labute approximate surface area is 76.6 Å². The third kappa shape index (κ3) is 3.09. The topological polar surface area (TPSA) is 24.5 Å². The Hall–Kier alpha value is -0.120. The summed E-state index contributed by atoms with van der Waals surface area (Å²) in [4.78, 5) is 2.45. The lowest BCUT2D eigenvalue weighted by atomic mass is 10.2. The normalized spacial score (nSPS) is 26.0. The molecule has 1 atom stereocenters. The molecular weight excluding hydrogens is 152 g/mol. The number of morpholine rings is 1.